The predicted octanol–water partition coefficient (Wildman–Crippen LogP) is 2.27. The number of benzene rings is 1. The lowest BCUT2D eigenvalue weighted by atomic mass is 9.95. The first-order chi connectivity index (χ1) is 6.97. The lowest BCUT2D eigenvalue weighted by molar-refractivity contribution is -0.384. The molecular formula is C10H15N3O2. The molecule has 0 radical (unpaired) electrons. The average molecular weight is 209 g/mol. The van der Waals surface area contributed by atoms with E-state index >= 15 is 0 Å². The Kier molecular flexibility index (Phi) is 3.14. The maximum atomic E-state index is 10.6. The number of nitrogen functional groups attached to an aromatic ring is 2. The van der Waals surface area contributed by atoms with E-state index in [0.29, 0.717) is 5.69 Å². The number of nitro groups is 1. The van der Waals surface area contributed by atoms with E-state index in [1.54, 1.807) is 0 Å². The van der Waals surface area contributed by atoms with Crippen molar-refractivity contribution in [2.45, 2.75) is 26.2 Å². The number of hydrogen-bond donors (Lipinski definition) is 2. The topological polar surface area (TPSA) is 95.2 Å². The molecule has 1 aromatic rings. The molecule has 0 saturated heterocycles. The zero-order valence-corrected chi connectivity index (χ0v) is 8.86. The molecule has 1 rings (SSSR count). The highest BCUT2D eigenvalue weighted by Gasteiger charge is 2.16. The Bertz CT molecular complexity index is 390. The molecule has 0 heterocycles. The van der Waals surface area contributed by atoms with Crippen LogP contribution in [0, 0.1) is 10.1 Å². The van der Waals surface area contributed by atoms with Crippen LogP contribution in [0.15, 0.2) is 12.1 Å². The lowest BCUT2D eigenvalue weighted by Crippen LogP contribution is -2.04. The fourth-order valence-corrected chi connectivity index (χ4v) is 1.42. The minimum atomic E-state index is -0.457. The first-order valence-corrected chi connectivity index (χ1v) is 4.80. The largest absolute Gasteiger partial charge is 0.397 e. The van der Waals surface area contributed by atoms with Gasteiger partial charge >= 0.3 is 0 Å². The van der Waals surface area contributed by atoms with Crippen LogP contribution < -0.4 is 11.5 Å². The molecule has 0 aromatic heterocycles. The Morgan fingerprint density at radius 3 is 2.53 bits per heavy atom. The quantitative estimate of drug-likeness (QED) is 0.453. The highest BCUT2D eigenvalue weighted by molar-refractivity contribution is 5.71. The summed E-state index contributed by atoms with van der Waals surface area (Å²) >= 11 is 0. The molecule has 5 heteroatoms. The van der Waals surface area contributed by atoms with Crippen molar-refractivity contribution in [3.8, 4) is 0 Å². The molecule has 5 nitrogen and oxygen atoms in total. The minimum Gasteiger partial charge on any atom is -0.397 e. The molecule has 0 bridgehead atoms. The molecule has 0 fully saturated rings. The molecule has 15 heavy (non-hydrogen) atoms. The van der Waals surface area contributed by atoms with Gasteiger partial charge in [0.15, 0.2) is 0 Å². The Hall–Kier alpha value is -1.78. The summed E-state index contributed by atoms with van der Waals surface area (Å²) in [5.74, 6) is 0.173. The van der Waals surface area contributed by atoms with Crippen LogP contribution in [0.2, 0.25) is 0 Å². The number of nitrogens with zero attached hydrogens (tertiary/aromatic N) is 1. The molecule has 0 aliphatic rings. The van der Waals surface area contributed by atoms with Crippen molar-refractivity contribution in [2.75, 3.05) is 11.5 Å². The molecule has 0 aliphatic heterocycles. The smallest absolute Gasteiger partial charge is 0.271 e. The summed E-state index contributed by atoms with van der Waals surface area (Å²) in [7, 11) is 0. The lowest BCUT2D eigenvalue weighted by Gasteiger charge is -2.13. The van der Waals surface area contributed by atoms with Gasteiger partial charge in [-0.1, -0.05) is 13.8 Å². The van der Waals surface area contributed by atoms with Crippen LogP contribution in [0.3, 0.4) is 0 Å². The second-order valence-corrected chi connectivity index (χ2v) is 3.60. The van der Waals surface area contributed by atoms with Crippen LogP contribution in [-0.4, -0.2) is 4.92 Å². The van der Waals surface area contributed by atoms with Crippen molar-refractivity contribution in [1.29, 1.82) is 0 Å². The van der Waals surface area contributed by atoms with Gasteiger partial charge in [-0.25, -0.2) is 0 Å². The molecule has 0 spiro atoms. The fraction of sp³-hybridized carbons (Fsp3) is 0.400. The average Bonchev–Trinajstić information content (AvgIpc) is 2.20. The summed E-state index contributed by atoms with van der Waals surface area (Å²) in [6.07, 6.45) is 0.866. The zero-order chi connectivity index (χ0) is 11.6. The fourth-order valence-electron chi connectivity index (χ4n) is 1.42. The molecule has 1 aromatic carbocycles. The normalized spacial score (nSPS) is 12.4. The summed E-state index contributed by atoms with van der Waals surface area (Å²) < 4.78 is 0. The first-order valence-electron chi connectivity index (χ1n) is 4.80. The number of anilines is 2. The molecule has 4 N–H and O–H groups in total. The Morgan fingerprint density at radius 1 is 1.47 bits per heavy atom. The Morgan fingerprint density at radius 2 is 2.07 bits per heavy atom. The SMILES string of the molecule is CC[C@@H](C)c1cc([N+](=O)[O-])cc(N)c1N. The van der Waals surface area contributed by atoms with Crippen molar-refractivity contribution < 1.29 is 4.92 Å². The maximum Gasteiger partial charge on any atom is 0.271 e. The summed E-state index contributed by atoms with van der Waals surface area (Å²) in [6, 6.07) is 2.79. The van der Waals surface area contributed by atoms with Crippen molar-refractivity contribution in [3.63, 3.8) is 0 Å². The monoisotopic (exact) mass is 209 g/mol. The van der Waals surface area contributed by atoms with Crippen LogP contribution in [0.4, 0.5) is 17.1 Å². The van der Waals surface area contributed by atoms with Crippen molar-refractivity contribution in [3.05, 3.63) is 27.8 Å². The van der Waals surface area contributed by atoms with Gasteiger partial charge in [0.25, 0.3) is 5.69 Å². The molecule has 0 amide bonds. The van der Waals surface area contributed by atoms with E-state index in [4.69, 9.17) is 11.5 Å². The van der Waals surface area contributed by atoms with Gasteiger partial charge in [0.05, 0.1) is 16.3 Å². The van der Waals surface area contributed by atoms with Gasteiger partial charge in [-0.2, -0.15) is 0 Å². The first kappa shape index (κ1) is 11.3. The van der Waals surface area contributed by atoms with E-state index in [1.165, 1.54) is 12.1 Å². The van der Waals surface area contributed by atoms with Crippen LogP contribution in [0.1, 0.15) is 31.7 Å². The van der Waals surface area contributed by atoms with Gasteiger partial charge in [-0.05, 0) is 17.9 Å². The predicted molar refractivity (Wildman–Crippen MR) is 60.6 cm³/mol. The second kappa shape index (κ2) is 4.16. The van der Waals surface area contributed by atoms with Crippen LogP contribution >= 0.6 is 0 Å². The van der Waals surface area contributed by atoms with E-state index in [9.17, 15) is 10.1 Å². The number of non-ortho nitro benzene ring substituents is 1. The zero-order valence-electron chi connectivity index (χ0n) is 8.86. The maximum absolute atomic E-state index is 10.6. The van der Waals surface area contributed by atoms with E-state index in [2.05, 4.69) is 0 Å². The summed E-state index contributed by atoms with van der Waals surface area (Å²) in [4.78, 5) is 10.2. The summed E-state index contributed by atoms with van der Waals surface area (Å²) in [6.45, 7) is 3.97. The third-order valence-corrected chi connectivity index (χ3v) is 2.58. The van der Waals surface area contributed by atoms with Crippen LogP contribution in [0.5, 0.6) is 0 Å². The third kappa shape index (κ3) is 2.18. The minimum absolute atomic E-state index is 0.00278. The van der Waals surface area contributed by atoms with Gasteiger partial charge in [-0.3, -0.25) is 10.1 Å². The number of hydrogen-bond acceptors (Lipinski definition) is 4. The van der Waals surface area contributed by atoms with Crippen molar-refractivity contribution >= 4 is 17.1 Å². The van der Waals surface area contributed by atoms with Crippen LogP contribution in [0.25, 0.3) is 0 Å². The molecule has 0 unspecified atom stereocenters. The highest BCUT2D eigenvalue weighted by atomic mass is 16.6. The molecule has 0 aliphatic carbocycles. The molecular weight excluding hydrogens is 194 g/mol. The standard InChI is InChI=1S/C10H15N3O2/c1-3-6(2)8-4-7(13(14)15)5-9(11)10(8)12/h4-6H,3,11-12H2,1-2H3/t6-/m1/s1. The number of nitrogens with two attached hydrogens (primary N) is 2. The van der Waals surface area contributed by atoms with E-state index in [-0.39, 0.29) is 17.3 Å². The highest BCUT2D eigenvalue weighted by Crippen LogP contribution is 2.33. The van der Waals surface area contributed by atoms with E-state index in [1.807, 2.05) is 13.8 Å². The Labute approximate surface area is 88.2 Å². The summed E-state index contributed by atoms with van der Waals surface area (Å²) in [5.41, 5.74) is 12.9. The molecule has 0 saturated carbocycles. The van der Waals surface area contributed by atoms with Crippen molar-refractivity contribution in [1.82, 2.24) is 0 Å². The van der Waals surface area contributed by atoms with Gasteiger partial charge in [0.2, 0.25) is 0 Å². The van der Waals surface area contributed by atoms with Crippen LogP contribution in [-0.2, 0) is 0 Å². The van der Waals surface area contributed by atoms with Gasteiger partial charge in [0.1, 0.15) is 0 Å². The van der Waals surface area contributed by atoms with E-state index in [0.717, 1.165) is 12.0 Å². The number of rotatable bonds is 3. The molecule has 1 atom stereocenters. The Balaban J connectivity index is 3.31. The van der Waals surface area contributed by atoms with Gasteiger partial charge < -0.3 is 11.5 Å². The molecule has 82 valence electrons. The second-order valence-electron chi connectivity index (χ2n) is 3.60. The van der Waals surface area contributed by atoms with Gasteiger partial charge in [0, 0.05) is 12.1 Å². The number of nitro benzene ring substituents is 1. The van der Waals surface area contributed by atoms with Crippen molar-refractivity contribution in [2.24, 2.45) is 0 Å². The van der Waals surface area contributed by atoms with E-state index < -0.39 is 4.92 Å². The third-order valence-electron chi connectivity index (χ3n) is 2.58. The summed E-state index contributed by atoms with van der Waals surface area (Å²) in [5, 5.41) is 10.6. The van der Waals surface area contributed by atoms with Gasteiger partial charge in [-0.15, -0.1) is 0 Å².